The fourth-order valence-corrected chi connectivity index (χ4v) is 3.00. The van der Waals surface area contributed by atoms with Gasteiger partial charge in [-0.2, -0.15) is 0 Å². The zero-order chi connectivity index (χ0) is 13.8. The quantitative estimate of drug-likeness (QED) is 0.780. The first kappa shape index (κ1) is 16.0. The number of nitrogens with zero attached hydrogens (tertiary/aromatic N) is 1. The van der Waals surface area contributed by atoms with Crippen LogP contribution in [0.1, 0.15) is 60.8 Å². The molecule has 108 valence electrons. The minimum Gasteiger partial charge on any atom is -0.311 e. The van der Waals surface area contributed by atoms with Gasteiger partial charge in [0.15, 0.2) is 0 Å². The maximum atomic E-state index is 3.69. The van der Waals surface area contributed by atoms with Crippen molar-refractivity contribution in [2.24, 2.45) is 11.8 Å². The largest absolute Gasteiger partial charge is 0.311 e. The third-order valence-electron chi connectivity index (χ3n) is 4.09. The minimum atomic E-state index is 0.232. The van der Waals surface area contributed by atoms with E-state index in [-0.39, 0.29) is 5.54 Å². The highest BCUT2D eigenvalue weighted by atomic mass is 15.2. The summed E-state index contributed by atoms with van der Waals surface area (Å²) in [7, 11) is 0. The number of hydrogen-bond acceptors (Lipinski definition) is 2. The van der Waals surface area contributed by atoms with Gasteiger partial charge < -0.3 is 5.32 Å². The lowest BCUT2D eigenvalue weighted by molar-refractivity contribution is 0.169. The molecule has 1 rings (SSSR count). The van der Waals surface area contributed by atoms with Crippen molar-refractivity contribution in [3.05, 3.63) is 0 Å². The summed E-state index contributed by atoms with van der Waals surface area (Å²) in [6, 6.07) is 0.700. The second-order valence-corrected chi connectivity index (χ2v) is 7.38. The summed E-state index contributed by atoms with van der Waals surface area (Å²) in [6.07, 6.45) is 4.16. The average molecular weight is 254 g/mol. The van der Waals surface area contributed by atoms with Crippen molar-refractivity contribution in [2.75, 3.05) is 19.6 Å². The molecule has 2 heteroatoms. The van der Waals surface area contributed by atoms with E-state index in [0.29, 0.717) is 6.04 Å². The first-order valence-electron chi connectivity index (χ1n) is 7.82. The van der Waals surface area contributed by atoms with Crippen molar-refractivity contribution in [1.82, 2.24) is 10.2 Å². The molecule has 1 aliphatic heterocycles. The zero-order valence-corrected chi connectivity index (χ0v) is 13.4. The van der Waals surface area contributed by atoms with Crippen LogP contribution in [0.4, 0.5) is 0 Å². The van der Waals surface area contributed by atoms with Crippen LogP contribution < -0.4 is 5.32 Å². The smallest absolute Gasteiger partial charge is 0.0243 e. The summed E-state index contributed by atoms with van der Waals surface area (Å²) < 4.78 is 0. The van der Waals surface area contributed by atoms with Gasteiger partial charge in [0, 0.05) is 24.7 Å². The molecular formula is C16H34N2. The Morgan fingerprint density at radius 3 is 2.44 bits per heavy atom. The van der Waals surface area contributed by atoms with Crippen molar-refractivity contribution in [3.63, 3.8) is 0 Å². The molecule has 18 heavy (non-hydrogen) atoms. The van der Waals surface area contributed by atoms with Gasteiger partial charge in [-0.1, -0.05) is 27.2 Å². The average Bonchev–Trinajstić information content (AvgIpc) is 2.65. The van der Waals surface area contributed by atoms with Gasteiger partial charge in [-0.3, -0.25) is 4.90 Å². The molecule has 1 N–H and O–H groups in total. The Morgan fingerprint density at radius 2 is 1.94 bits per heavy atom. The Labute approximate surface area is 115 Å². The molecule has 0 aliphatic carbocycles. The summed E-state index contributed by atoms with van der Waals surface area (Å²) in [6.45, 7) is 17.6. The monoisotopic (exact) mass is 254 g/mol. The normalized spacial score (nSPS) is 23.8. The molecule has 0 aromatic heterocycles. The SMILES string of the molecule is CCCC1CCN(C(CNC(C)(C)C)C(C)C)C1. The van der Waals surface area contributed by atoms with E-state index >= 15 is 0 Å². The molecule has 1 heterocycles. The predicted molar refractivity (Wildman–Crippen MR) is 81.0 cm³/mol. The molecule has 0 radical (unpaired) electrons. The molecule has 2 atom stereocenters. The number of hydrogen-bond donors (Lipinski definition) is 1. The van der Waals surface area contributed by atoms with E-state index in [4.69, 9.17) is 0 Å². The van der Waals surface area contributed by atoms with E-state index in [1.54, 1.807) is 0 Å². The summed E-state index contributed by atoms with van der Waals surface area (Å²) in [5, 5.41) is 3.69. The van der Waals surface area contributed by atoms with Crippen LogP contribution in [-0.4, -0.2) is 36.1 Å². The van der Waals surface area contributed by atoms with E-state index < -0.39 is 0 Å². The molecule has 2 unspecified atom stereocenters. The van der Waals surface area contributed by atoms with Crippen LogP contribution in [0.3, 0.4) is 0 Å². The van der Waals surface area contributed by atoms with Crippen molar-refractivity contribution in [3.8, 4) is 0 Å². The molecule has 0 aromatic carbocycles. The van der Waals surface area contributed by atoms with E-state index in [0.717, 1.165) is 18.4 Å². The topological polar surface area (TPSA) is 15.3 Å². The number of likely N-dealkylation sites (tertiary alicyclic amines) is 1. The van der Waals surface area contributed by atoms with Crippen molar-refractivity contribution < 1.29 is 0 Å². The maximum Gasteiger partial charge on any atom is 0.0243 e. The van der Waals surface area contributed by atoms with Crippen LogP contribution in [0.2, 0.25) is 0 Å². The van der Waals surface area contributed by atoms with Gasteiger partial charge >= 0.3 is 0 Å². The Bertz CT molecular complexity index is 230. The number of nitrogens with one attached hydrogen (secondary N) is 1. The van der Waals surface area contributed by atoms with Gasteiger partial charge in [-0.25, -0.2) is 0 Å². The lowest BCUT2D eigenvalue weighted by atomic mass is 10.00. The zero-order valence-electron chi connectivity index (χ0n) is 13.4. The molecule has 1 saturated heterocycles. The van der Waals surface area contributed by atoms with E-state index in [1.807, 2.05) is 0 Å². The third kappa shape index (κ3) is 5.27. The van der Waals surface area contributed by atoms with Crippen LogP contribution in [0.5, 0.6) is 0 Å². The Balaban J connectivity index is 2.48. The lowest BCUT2D eigenvalue weighted by Gasteiger charge is -2.34. The Hall–Kier alpha value is -0.0800. The fourth-order valence-electron chi connectivity index (χ4n) is 3.00. The van der Waals surface area contributed by atoms with Crippen LogP contribution in [0, 0.1) is 11.8 Å². The highest BCUT2D eigenvalue weighted by Gasteiger charge is 2.29. The van der Waals surface area contributed by atoms with Gasteiger partial charge in [-0.05, 0) is 52.0 Å². The highest BCUT2D eigenvalue weighted by molar-refractivity contribution is 4.86. The molecule has 0 aromatic rings. The number of rotatable bonds is 6. The van der Waals surface area contributed by atoms with Gasteiger partial charge in [-0.15, -0.1) is 0 Å². The van der Waals surface area contributed by atoms with E-state index in [9.17, 15) is 0 Å². The molecule has 0 amide bonds. The molecule has 0 bridgehead atoms. The molecule has 1 aliphatic rings. The molecule has 0 saturated carbocycles. The van der Waals surface area contributed by atoms with E-state index in [1.165, 1.54) is 32.4 Å². The standard InChI is InChI=1S/C16H34N2/c1-7-8-14-9-10-18(12-14)15(13(2)3)11-17-16(4,5)6/h13-15,17H,7-12H2,1-6H3. The fraction of sp³-hybridized carbons (Fsp3) is 1.00. The van der Waals surface area contributed by atoms with Crippen molar-refractivity contribution in [1.29, 1.82) is 0 Å². The van der Waals surface area contributed by atoms with Gasteiger partial charge in [0.1, 0.15) is 0 Å². The predicted octanol–water partition coefficient (Wildman–Crippen LogP) is 3.52. The summed E-state index contributed by atoms with van der Waals surface area (Å²) >= 11 is 0. The van der Waals surface area contributed by atoms with Gasteiger partial charge in [0.05, 0.1) is 0 Å². The molecule has 1 fully saturated rings. The second-order valence-electron chi connectivity index (χ2n) is 7.38. The van der Waals surface area contributed by atoms with Crippen molar-refractivity contribution in [2.45, 2.75) is 72.4 Å². The van der Waals surface area contributed by atoms with Crippen LogP contribution >= 0.6 is 0 Å². The third-order valence-corrected chi connectivity index (χ3v) is 4.09. The van der Waals surface area contributed by atoms with Crippen molar-refractivity contribution >= 4 is 0 Å². The molecular weight excluding hydrogens is 220 g/mol. The van der Waals surface area contributed by atoms with Crippen LogP contribution in [0.25, 0.3) is 0 Å². The minimum absolute atomic E-state index is 0.232. The maximum absolute atomic E-state index is 3.69. The lowest BCUT2D eigenvalue weighted by Crippen LogP contribution is -2.49. The van der Waals surface area contributed by atoms with Crippen LogP contribution in [-0.2, 0) is 0 Å². The molecule has 2 nitrogen and oxygen atoms in total. The molecule has 0 spiro atoms. The van der Waals surface area contributed by atoms with Gasteiger partial charge in [0.2, 0.25) is 0 Å². The second kappa shape index (κ2) is 6.91. The summed E-state index contributed by atoms with van der Waals surface area (Å²) in [5.74, 6) is 1.69. The Kier molecular flexibility index (Phi) is 6.13. The highest BCUT2D eigenvalue weighted by Crippen LogP contribution is 2.25. The van der Waals surface area contributed by atoms with Gasteiger partial charge in [0.25, 0.3) is 0 Å². The Morgan fingerprint density at radius 1 is 1.28 bits per heavy atom. The first-order valence-corrected chi connectivity index (χ1v) is 7.82. The first-order chi connectivity index (χ1) is 8.33. The summed E-state index contributed by atoms with van der Waals surface area (Å²) in [5.41, 5.74) is 0.232. The summed E-state index contributed by atoms with van der Waals surface area (Å²) in [4.78, 5) is 2.73. The van der Waals surface area contributed by atoms with E-state index in [2.05, 4.69) is 51.8 Å². The van der Waals surface area contributed by atoms with Crippen LogP contribution in [0.15, 0.2) is 0 Å².